The second kappa shape index (κ2) is 10.7. The van der Waals surface area contributed by atoms with Crippen molar-refractivity contribution >= 4 is 34.8 Å². The Labute approximate surface area is 216 Å². The van der Waals surface area contributed by atoms with Crippen LogP contribution in [0.4, 0.5) is 0 Å². The lowest BCUT2D eigenvalue weighted by Crippen LogP contribution is -2.44. The largest absolute Gasteiger partial charge is 0.495 e. The van der Waals surface area contributed by atoms with Gasteiger partial charge in [0, 0.05) is 27.2 Å². The Balaban J connectivity index is 1.91. The molecule has 1 atom stereocenters. The fourth-order valence-electron chi connectivity index (χ4n) is 3.68. The summed E-state index contributed by atoms with van der Waals surface area (Å²) in [6.07, 6.45) is 0. The first-order valence-corrected chi connectivity index (χ1v) is 11.7. The molecular weight excluding hydrogens is 511 g/mol. The zero-order chi connectivity index (χ0) is 25.1. The van der Waals surface area contributed by atoms with Gasteiger partial charge in [-0.05, 0) is 23.8 Å². The summed E-state index contributed by atoms with van der Waals surface area (Å²) >= 11 is 19.2. The molecule has 0 aliphatic rings. The van der Waals surface area contributed by atoms with Crippen LogP contribution in [0.25, 0.3) is 11.3 Å². The first kappa shape index (κ1) is 25.0. The second-order valence-corrected chi connectivity index (χ2v) is 8.94. The average molecular weight is 532 g/mol. The predicted molar refractivity (Wildman–Crippen MR) is 139 cm³/mol. The second-order valence-electron chi connectivity index (χ2n) is 7.74. The standard InChI is InChI=1S/C25H21Cl3N4O3/c1-35-21-12-5-9-16(22(21)28)23-24(33)31(14-20(29)15-7-3-2-4-8-15)25(34)32(30-23)13-17-18(26)10-6-11-19(17)27/h2-12,20H,13-14,29H2,1H3. The SMILES string of the molecule is COc1cccc(-c2nn(Cc3c(Cl)cccc3Cl)c(=O)n(CC(N)c3ccccc3)c2=O)c1Cl. The van der Waals surface area contributed by atoms with Crippen LogP contribution in [0.3, 0.4) is 0 Å². The molecule has 0 bridgehead atoms. The van der Waals surface area contributed by atoms with Crippen molar-refractivity contribution in [2.75, 3.05) is 7.11 Å². The average Bonchev–Trinajstić information content (AvgIpc) is 2.86. The van der Waals surface area contributed by atoms with Crippen LogP contribution in [0, 0.1) is 0 Å². The Morgan fingerprint density at radius 1 is 0.943 bits per heavy atom. The van der Waals surface area contributed by atoms with E-state index < -0.39 is 17.3 Å². The number of benzene rings is 3. The minimum atomic E-state index is -0.653. The number of nitrogens with zero attached hydrogens (tertiary/aromatic N) is 3. The van der Waals surface area contributed by atoms with Gasteiger partial charge in [-0.25, -0.2) is 9.48 Å². The quantitative estimate of drug-likeness (QED) is 0.370. The fourth-order valence-corrected chi connectivity index (χ4v) is 4.49. The van der Waals surface area contributed by atoms with E-state index in [1.165, 1.54) is 7.11 Å². The van der Waals surface area contributed by atoms with E-state index in [0.29, 0.717) is 26.9 Å². The van der Waals surface area contributed by atoms with Crippen molar-refractivity contribution in [2.45, 2.75) is 19.1 Å². The van der Waals surface area contributed by atoms with Gasteiger partial charge < -0.3 is 10.5 Å². The van der Waals surface area contributed by atoms with Crippen LogP contribution in [-0.4, -0.2) is 21.5 Å². The molecule has 7 nitrogen and oxygen atoms in total. The van der Waals surface area contributed by atoms with E-state index in [1.54, 1.807) is 36.4 Å². The predicted octanol–water partition coefficient (Wildman–Crippen LogP) is 4.79. The highest BCUT2D eigenvalue weighted by molar-refractivity contribution is 6.36. The van der Waals surface area contributed by atoms with Gasteiger partial charge in [-0.2, -0.15) is 5.10 Å². The topological polar surface area (TPSA) is 92.1 Å². The minimum absolute atomic E-state index is 0.0306. The summed E-state index contributed by atoms with van der Waals surface area (Å²) in [5.74, 6) is 0.366. The summed E-state index contributed by atoms with van der Waals surface area (Å²) in [5, 5.41) is 5.30. The smallest absolute Gasteiger partial charge is 0.347 e. The Kier molecular flexibility index (Phi) is 7.62. The van der Waals surface area contributed by atoms with Crippen molar-refractivity contribution in [1.29, 1.82) is 0 Å². The van der Waals surface area contributed by atoms with Crippen molar-refractivity contribution in [3.05, 3.63) is 114 Å². The maximum absolute atomic E-state index is 13.5. The number of hydrogen-bond donors (Lipinski definition) is 1. The lowest BCUT2D eigenvalue weighted by molar-refractivity contribution is 0.415. The monoisotopic (exact) mass is 530 g/mol. The maximum atomic E-state index is 13.5. The van der Waals surface area contributed by atoms with E-state index >= 15 is 0 Å². The normalized spacial score (nSPS) is 11.9. The molecule has 10 heteroatoms. The molecule has 1 aromatic heterocycles. The number of nitrogens with two attached hydrogens (primary N) is 1. The Hall–Kier alpha value is -3.10. The minimum Gasteiger partial charge on any atom is -0.495 e. The third-order valence-corrected chi connectivity index (χ3v) is 6.63. The van der Waals surface area contributed by atoms with Gasteiger partial charge in [0.15, 0.2) is 5.69 Å². The molecule has 0 amide bonds. The van der Waals surface area contributed by atoms with Crippen LogP contribution in [-0.2, 0) is 13.1 Å². The molecule has 180 valence electrons. The first-order valence-electron chi connectivity index (χ1n) is 10.6. The summed E-state index contributed by atoms with van der Waals surface area (Å²) in [4.78, 5) is 27.0. The Morgan fingerprint density at radius 3 is 2.26 bits per heavy atom. The zero-order valence-corrected chi connectivity index (χ0v) is 20.9. The summed E-state index contributed by atoms with van der Waals surface area (Å²) in [5.41, 5.74) is 6.64. The Morgan fingerprint density at radius 2 is 1.60 bits per heavy atom. The number of hydrogen-bond acceptors (Lipinski definition) is 5. The van der Waals surface area contributed by atoms with E-state index in [0.717, 1.165) is 14.8 Å². The van der Waals surface area contributed by atoms with Gasteiger partial charge in [0.2, 0.25) is 0 Å². The van der Waals surface area contributed by atoms with E-state index in [4.69, 9.17) is 45.3 Å². The highest BCUT2D eigenvalue weighted by Gasteiger charge is 2.21. The van der Waals surface area contributed by atoms with Crippen molar-refractivity contribution < 1.29 is 4.74 Å². The van der Waals surface area contributed by atoms with Gasteiger partial charge in [0.1, 0.15) is 5.75 Å². The molecule has 1 heterocycles. The maximum Gasteiger partial charge on any atom is 0.347 e. The molecule has 0 fully saturated rings. The van der Waals surface area contributed by atoms with Gasteiger partial charge in [-0.1, -0.05) is 83.3 Å². The van der Waals surface area contributed by atoms with Gasteiger partial charge in [-0.15, -0.1) is 0 Å². The van der Waals surface area contributed by atoms with Crippen molar-refractivity contribution in [1.82, 2.24) is 14.3 Å². The van der Waals surface area contributed by atoms with Gasteiger partial charge in [0.05, 0.1) is 25.2 Å². The molecule has 4 rings (SSSR count). The zero-order valence-electron chi connectivity index (χ0n) is 18.6. The van der Waals surface area contributed by atoms with Crippen LogP contribution in [0.1, 0.15) is 17.2 Å². The van der Waals surface area contributed by atoms with E-state index in [2.05, 4.69) is 5.10 Å². The molecule has 0 saturated carbocycles. The number of ether oxygens (including phenoxy) is 1. The number of rotatable bonds is 7. The molecule has 1 unspecified atom stereocenters. The molecule has 0 aliphatic heterocycles. The van der Waals surface area contributed by atoms with Crippen LogP contribution in [0.15, 0.2) is 76.3 Å². The molecule has 3 aromatic carbocycles. The number of aromatic nitrogens is 3. The van der Waals surface area contributed by atoms with Crippen LogP contribution in [0.5, 0.6) is 5.75 Å². The van der Waals surface area contributed by atoms with Crippen LogP contribution < -0.4 is 21.7 Å². The lowest BCUT2D eigenvalue weighted by Gasteiger charge is -2.17. The summed E-state index contributed by atoms with van der Waals surface area (Å²) in [7, 11) is 1.47. The van der Waals surface area contributed by atoms with Gasteiger partial charge in [-0.3, -0.25) is 9.36 Å². The molecule has 0 spiro atoms. The third-order valence-electron chi connectivity index (χ3n) is 5.54. The molecular formula is C25H21Cl3N4O3. The highest BCUT2D eigenvalue weighted by atomic mass is 35.5. The molecule has 4 aromatic rings. The van der Waals surface area contributed by atoms with E-state index in [1.807, 2.05) is 30.3 Å². The van der Waals surface area contributed by atoms with Crippen molar-refractivity contribution in [3.8, 4) is 17.0 Å². The van der Waals surface area contributed by atoms with Crippen molar-refractivity contribution in [2.24, 2.45) is 5.73 Å². The van der Waals surface area contributed by atoms with E-state index in [9.17, 15) is 9.59 Å². The van der Waals surface area contributed by atoms with Crippen molar-refractivity contribution in [3.63, 3.8) is 0 Å². The fraction of sp³-hybridized carbons (Fsp3) is 0.160. The summed E-state index contributed by atoms with van der Waals surface area (Å²) in [6.45, 7) is -0.137. The lowest BCUT2D eigenvalue weighted by atomic mass is 10.1. The van der Waals surface area contributed by atoms with Crippen LogP contribution >= 0.6 is 34.8 Å². The number of halogens is 3. The van der Waals surface area contributed by atoms with Gasteiger partial charge in [0.25, 0.3) is 5.56 Å². The molecule has 0 radical (unpaired) electrons. The third kappa shape index (κ3) is 5.13. The first-order chi connectivity index (χ1) is 16.8. The Bertz CT molecular complexity index is 1470. The number of methoxy groups -OCH3 is 1. The molecule has 0 saturated heterocycles. The summed E-state index contributed by atoms with van der Waals surface area (Å²) < 4.78 is 7.48. The van der Waals surface area contributed by atoms with E-state index in [-0.39, 0.29) is 23.8 Å². The highest BCUT2D eigenvalue weighted by Crippen LogP contribution is 2.33. The van der Waals surface area contributed by atoms with Crippen LogP contribution in [0.2, 0.25) is 15.1 Å². The molecule has 35 heavy (non-hydrogen) atoms. The molecule has 2 N–H and O–H groups in total. The van der Waals surface area contributed by atoms with Gasteiger partial charge >= 0.3 is 5.69 Å². The summed E-state index contributed by atoms with van der Waals surface area (Å²) in [6, 6.07) is 18.6. The molecule has 0 aliphatic carbocycles.